The molecule has 0 bridgehead atoms. The molecule has 0 aliphatic heterocycles. The fraction of sp³-hybridized carbons (Fsp3) is 0.222. The molecule has 1 rings (SSSR count). The zero-order chi connectivity index (χ0) is 10.7. The van der Waals surface area contributed by atoms with E-state index in [0.29, 0.717) is 0 Å². The van der Waals surface area contributed by atoms with Crippen LogP contribution >= 0.6 is 0 Å². The van der Waals surface area contributed by atoms with Gasteiger partial charge in [0.25, 0.3) is 0 Å². The number of carbonyl (C=O) groups is 1. The van der Waals surface area contributed by atoms with Crippen molar-refractivity contribution < 1.29 is 19.2 Å². The average Bonchev–Trinajstić information content (AvgIpc) is 2.01. The summed E-state index contributed by atoms with van der Waals surface area (Å²) in [6, 6.07) is 3.02. The van der Waals surface area contributed by atoms with E-state index < -0.39 is 22.4 Å². The molecule has 1 N–H and O–H groups in total. The van der Waals surface area contributed by atoms with Gasteiger partial charge in [0.05, 0.1) is 11.3 Å². The van der Waals surface area contributed by atoms with Crippen molar-refractivity contribution in [3.63, 3.8) is 0 Å². The molecule has 0 atom stereocenters. The highest BCUT2D eigenvalue weighted by molar-refractivity contribution is 5.70. The van der Waals surface area contributed by atoms with Gasteiger partial charge in [-0.1, -0.05) is 13.5 Å². The summed E-state index contributed by atoms with van der Waals surface area (Å²) in [7, 11) is 0. The SMILES string of the molecule is C.O=C(O)Cc1ccc([N+](=O)[O-])c(F)c1. The minimum absolute atomic E-state index is 0. The minimum Gasteiger partial charge on any atom is -0.481 e. The van der Waals surface area contributed by atoms with Gasteiger partial charge in [-0.25, -0.2) is 0 Å². The van der Waals surface area contributed by atoms with Gasteiger partial charge in [-0.3, -0.25) is 14.9 Å². The first-order valence-electron chi connectivity index (χ1n) is 3.65. The third-order valence-corrected chi connectivity index (χ3v) is 1.56. The van der Waals surface area contributed by atoms with Crippen LogP contribution in [0.2, 0.25) is 0 Å². The van der Waals surface area contributed by atoms with Gasteiger partial charge in [0, 0.05) is 6.07 Å². The average molecular weight is 215 g/mol. The zero-order valence-corrected chi connectivity index (χ0v) is 6.94. The lowest BCUT2D eigenvalue weighted by Crippen LogP contribution is -2.01. The molecule has 0 spiro atoms. The standard InChI is InChI=1S/C8H6FNO4.CH4/c9-6-3-5(4-8(11)12)1-2-7(6)10(13)14;/h1-3H,4H2,(H,11,12);1H4. The molecule has 82 valence electrons. The lowest BCUT2D eigenvalue weighted by Gasteiger charge is -1.97. The number of aliphatic carboxylic acids is 1. The van der Waals surface area contributed by atoms with Crippen molar-refractivity contribution >= 4 is 11.7 Å². The zero-order valence-electron chi connectivity index (χ0n) is 6.94. The Labute approximate surface area is 85.3 Å². The number of hydrogen-bond donors (Lipinski definition) is 1. The van der Waals surface area contributed by atoms with E-state index in [1.54, 1.807) is 0 Å². The summed E-state index contributed by atoms with van der Waals surface area (Å²) in [5, 5.41) is 18.6. The van der Waals surface area contributed by atoms with Crippen LogP contribution in [0.5, 0.6) is 0 Å². The van der Waals surface area contributed by atoms with Crippen molar-refractivity contribution in [1.82, 2.24) is 0 Å². The van der Waals surface area contributed by atoms with Crippen molar-refractivity contribution in [2.45, 2.75) is 13.8 Å². The topological polar surface area (TPSA) is 80.4 Å². The Morgan fingerprint density at radius 3 is 2.53 bits per heavy atom. The number of nitro benzene ring substituents is 1. The second-order valence-corrected chi connectivity index (χ2v) is 2.61. The van der Waals surface area contributed by atoms with Crippen LogP contribution in [0, 0.1) is 15.9 Å². The summed E-state index contributed by atoms with van der Waals surface area (Å²) in [5.74, 6) is -2.13. The van der Waals surface area contributed by atoms with Gasteiger partial charge in [0.15, 0.2) is 0 Å². The fourth-order valence-electron chi connectivity index (χ4n) is 0.983. The van der Waals surface area contributed by atoms with Crippen molar-refractivity contribution in [3.8, 4) is 0 Å². The molecule has 1 aromatic rings. The summed E-state index contributed by atoms with van der Waals surface area (Å²) >= 11 is 0. The van der Waals surface area contributed by atoms with E-state index in [1.165, 1.54) is 6.07 Å². The Morgan fingerprint density at radius 1 is 1.53 bits per heavy atom. The maximum Gasteiger partial charge on any atom is 0.307 e. The van der Waals surface area contributed by atoms with Crippen LogP contribution < -0.4 is 0 Å². The van der Waals surface area contributed by atoms with Crippen LogP contribution in [0.3, 0.4) is 0 Å². The highest BCUT2D eigenvalue weighted by atomic mass is 19.1. The number of nitro groups is 1. The van der Waals surface area contributed by atoms with Gasteiger partial charge < -0.3 is 5.11 Å². The lowest BCUT2D eigenvalue weighted by atomic mass is 10.1. The number of rotatable bonds is 3. The predicted octanol–water partition coefficient (Wildman–Crippen LogP) is 2.00. The molecule has 5 nitrogen and oxygen atoms in total. The Kier molecular flexibility index (Phi) is 4.37. The Morgan fingerprint density at radius 2 is 2.13 bits per heavy atom. The van der Waals surface area contributed by atoms with Crippen LogP contribution in [-0.4, -0.2) is 16.0 Å². The van der Waals surface area contributed by atoms with Gasteiger partial charge in [-0.2, -0.15) is 4.39 Å². The summed E-state index contributed by atoms with van der Waals surface area (Å²) in [5.41, 5.74) is -0.459. The number of carboxylic acid groups (broad SMARTS) is 1. The molecule has 0 heterocycles. The summed E-state index contributed by atoms with van der Waals surface area (Å²) in [6.45, 7) is 0. The molecular weight excluding hydrogens is 205 g/mol. The van der Waals surface area contributed by atoms with E-state index in [-0.39, 0.29) is 19.4 Å². The number of benzene rings is 1. The molecular formula is C9H10FNO4. The van der Waals surface area contributed by atoms with E-state index >= 15 is 0 Å². The molecule has 1 aromatic carbocycles. The Bertz CT molecular complexity index is 392. The second kappa shape index (κ2) is 5.04. The molecule has 0 radical (unpaired) electrons. The second-order valence-electron chi connectivity index (χ2n) is 2.61. The maximum atomic E-state index is 12.9. The third-order valence-electron chi connectivity index (χ3n) is 1.56. The monoisotopic (exact) mass is 215 g/mol. The molecule has 0 unspecified atom stereocenters. The number of carboxylic acids is 1. The molecule has 6 heteroatoms. The third kappa shape index (κ3) is 3.34. The first-order valence-corrected chi connectivity index (χ1v) is 3.65. The molecule has 0 saturated heterocycles. The van der Waals surface area contributed by atoms with Crippen LogP contribution in [0.4, 0.5) is 10.1 Å². The van der Waals surface area contributed by atoms with Gasteiger partial charge >= 0.3 is 11.7 Å². The first kappa shape index (κ1) is 13.0. The highest BCUT2D eigenvalue weighted by Gasteiger charge is 2.14. The summed E-state index contributed by atoms with van der Waals surface area (Å²) < 4.78 is 12.9. The molecule has 0 aliphatic rings. The largest absolute Gasteiger partial charge is 0.481 e. The van der Waals surface area contributed by atoms with E-state index in [2.05, 4.69) is 0 Å². The van der Waals surface area contributed by atoms with Gasteiger partial charge in [0.2, 0.25) is 5.82 Å². The van der Waals surface area contributed by atoms with Crippen molar-refractivity contribution in [3.05, 3.63) is 39.7 Å². The normalized spacial score (nSPS) is 9.13. The molecule has 0 fully saturated rings. The fourth-order valence-corrected chi connectivity index (χ4v) is 0.983. The smallest absolute Gasteiger partial charge is 0.307 e. The van der Waals surface area contributed by atoms with Crippen molar-refractivity contribution in [1.29, 1.82) is 0 Å². The predicted molar refractivity (Wildman–Crippen MR) is 51.1 cm³/mol. The maximum absolute atomic E-state index is 12.9. The Balaban J connectivity index is 0.00000196. The van der Waals surface area contributed by atoms with Gasteiger partial charge in [0.1, 0.15) is 0 Å². The van der Waals surface area contributed by atoms with Crippen LogP contribution in [0.25, 0.3) is 0 Å². The van der Waals surface area contributed by atoms with E-state index in [0.717, 1.165) is 12.1 Å². The quantitative estimate of drug-likeness (QED) is 0.617. The molecule has 0 amide bonds. The number of hydrogen-bond acceptors (Lipinski definition) is 3. The van der Waals surface area contributed by atoms with Gasteiger partial charge in [-0.15, -0.1) is 0 Å². The minimum atomic E-state index is -1.11. The number of halogens is 1. The Hall–Kier alpha value is -1.98. The van der Waals surface area contributed by atoms with Crippen LogP contribution in [0.1, 0.15) is 13.0 Å². The van der Waals surface area contributed by atoms with E-state index in [1.807, 2.05) is 0 Å². The summed E-state index contributed by atoms with van der Waals surface area (Å²) in [4.78, 5) is 19.6. The van der Waals surface area contributed by atoms with Crippen LogP contribution in [-0.2, 0) is 11.2 Å². The van der Waals surface area contributed by atoms with E-state index in [4.69, 9.17) is 5.11 Å². The highest BCUT2D eigenvalue weighted by Crippen LogP contribution is 2.18. The molecule has 0 aliphatic carbocycles. The van der Waals surface area contributed by atoms with Gasteiger partial charge in [-0.05, 0) is 11.6 Å². The summed E-state index contributed by atoms with van der Waals surface area (Å²) in [6.07, 6.45) is -0.352. The number of nitrogens with zero attached hydrogens (tertiary/aromatic N) is 1. The molecule has 0 saturated carbocycles. The van der Waals surface area contributed by atoms with Crippen LogP contribution in [0.15, 0.2) is 18.2 Å². The van der Waals surface area contributed by atoms with Crippen molar-refractivity contribution in [2.24, 2.45) is 0 Å². The van der Waals surface area contributed by atoms with E-state index in [9.17, 15) is 19.3 Å². The molecule has 15 heavy (non-hydrogen) atoms. The first-order chi connectivity index (χ1) is 6.50. The van der Waals surface area contributed by atoms with Crippen molar-refractivity contribution in [2.75, 3.05) is 0 Å². The lowest BCUT2D eigenvalue weighted by molar-refractivity contribution is -0.387. The molecule has 0 aromatic heterocycles.